The predicted molar refractivity (Wildman–Crippen MR) is 54.4 cm³/mol. The second kappa shape index (κ2) is 5.04. The van der Waals surface area contributed by atoms with Crippen molar-refractivity contribution >= 4 is 0 Å². The Balaban J connectivity index is 1.91. The SMILES string of the molecule is NCc1ccc(OC2CCOCC2)nn1. The molecule has 1 aromatic heterocycles. The number of aromatic nitrogens is 2. The molecular formula is C10H15N3O2. The summed E-state index contributed by atoms with van der Waals surface area (Å²) in [5, 5.41) is 7.88. The van der Waals surface area contributed by atoms with Crippen LogP contribution in [0.1, 0.15) is 18.5 Å². The first-order valence-corrected chi connectivity index (χ1v) is 5.15. The van der Waals surface area contributed by atoms with Crippen molar-refractivity contribution in [3.8, 4) is 5.88 Å². The zero-order chi connectivity index (χ0) is 10.5. The largest absolute Gasteiger partial charge is 0.473 e. The van der Waals surface area contributed by atoms with Crippen molar-refractivity contribution in [1.82, 2.24) is 10.2 Å². The number of nitrogens with zero attached hydrogens (tertiary/aromatic N) is 2. The number of nitrogens with two attached hydrogens (primary N) is 1. The molecule has 2 N–H and O–H groups in total. The molecule has 0 amide bonds. The molecule has 0 bridgehead atoms. The van der Waals surface area contributed by atoms with E-state index in [1.165, 1.54) is 0 Å². The first kappa shape index (κ1) is 10.3. The van der Waals surface area contributed by atoms with E-state index in [1.807, 2.05) is 12.1 Å². The first-order chi connectivity index (χ1) is 7.38. The summed E-state index contributed by atoms with van der Waals surface area (Å²) in [6.07, 6.45) is 2.04. The van der Waals surface area contributed by atoms with Crippen molar-refractivity contribution in [1.29, 1.82) is 0 Å². The number of rotatable bonds is 3. The summed E-state index contributed by atoms with van der Waals surface area (Å²) in [4.78, 5) is 0. The van der Waals surface area contributed by atoms with Gasteiger partial charge in [0.1, 0.15) is 6.10 Å². The number of ether oxygens (including phenoxy) is 2. The first-order valence-electron chi connectivity index (χ1n) is 5.15. The summed E-state index contributed by atoms with van der Waals surface area (Å²) in [5.41, 5.74) is 6.20. The summed E-state index contributed by atoms with van der Waals surface area (Å²) in [7, 11) is 0. The Morgan fingerprint density at radius 3 is 2.73 bits per heavy atom. The third-order valence-electron chi connectivity index (χ3n) is 2.36. The van der Waals surface area contributed by atoms with Gasteiger partial charge >= 0.3 is 0 Å². The predicted octanol–water partition coefficient (Wildman–Crippen LogP) is 0.493. The third kappa shape index (κ3) is 2.87. The fourth-order valence-corrected chi connectivity index (χ4v) is 1.48. The maximum absolute atomic E-state index is 5.66. The van der Waals surface area contributed by atoms with Crippen molar-refractivity contribution in [2.45, 2.75) is 25.5 Å². The van der Waals surface area contributed by atoms with E-state index in [-0.39, 0.29) is 6.10 Å². The molecule has 1 fully saturated rings. The molecule has 5 heteroatoms. The zero-order valence-corrected chi connectivity index (χ0v) is 8.56. The van der Waals surface area contributed by atoms with Gasteiger partial charge in [0.25, 0.3) is 0 Å². The van der Waals surface area contributed by atoms with Crippen LogP contribution in [0.15, 0.2) is 12.1 Å². The normalized spacial score (nSPS) is 17.7. The van der Waals surface area contributed by atoms with Gasteiger partial charge in [0.15, 0.2) is 0 Å². The topological polar surface area (TPSA) is 70.3 Å². The maximum Gasteiger partial charge on any atom is 0.233 e. The van der Waals surface area contributed by atoms with Gasteiger partial charge in [-0.3, -0.25) is 0 Å². The highest BCUT2D eigenvalue weighted by molar-refractivity contribution is 5.11. The van der Waals surface area contributed by atoms with E-state index in [1.54, 1.807) is 0 Å². The molecule has 82 valence electrons. The Morgan fingerprint density at radius 2 is 2.13 bits per heavy atom. The van der Waals surface area contributed by atoms with Crippen molar-refractivity contribution < 1.29 is 9.47 Å². The Labute approximate surface area is 88.6 Å². The van der Waals surface area contributed by atoms with E-state index in [2.05, 4.69) is 10.2 Å². The summed E-state index contributed by atoms with van der Waals surface area (Å²) < 4.78 is 10.9. The lowest BCUT2D eigenvalue weighted by atomic mass is 10.2. The minimum absolute atomic E-state index is 0.205. The molecular weight excluding hydrogens is 194 g/mol. The summed E-state index contributed by atoms with van der Waals surface area (Å²) in [6, 6.07) is 3.65. The fraction of sp³-hybridized carbons (Fsp3) is 0.600. The molecule has 0 spiro atoms. The van der Waals surface area contributed by atoms with E-state index >= 15 is 0 Å². The van der Waals surface area contributed by atoms with Gasteiger partial charge in [0.2, 0.25) is 5.88 Å². The fourth-order valence-electron chi connectivity index (χ4n) is 1.48. The standard InChI is InChI=1S/C10H15N3O2/c11-7-8-1-2-10(13-12-8)15-9-3-5-14-6-4-9/h1-2,9H,3-7,11H2. The number of hydrogen-bond donors (Lipinski definition) is 1. The Kier molecular flexibility index (Phi) is 3.47. The van der Waals surface area contributed by atoms with Gasteiger partial charge in [0, 0.05) is 25.5 Å². The van der Waals surface area contributed by atoms with Crippen LogP contribution < -0.4 is 10.5 Å². The average molecular weight is 209 g/mol. The molecule has 0 aliphatic carbocycles. The lowest BCUT2D eigenvalue weighted by Gasteiger charge is -2.22. The van der Waals surface area contributed by atoms with Gasteiger partial charge in [-0.25, -0.2) is 0 Å². The van der Waals surface area contributed by atoms with Crippen LogP contribution in [0.25, 0.3) is 0 Å². The average Bonchev–Trinajstić information content (AvgIpc) is 2.31. The molecule has 0 aromatic carbocycles. The van der Waals surface area contributed by atoms with Crippen LogP contribution in [0.4, 0.5) is 0 Å². The van der Waals surface area contributed by atoms with Crippen LogP contribution in [0, 0.1) is 0 Å². The summed E-state index contributed by atoms with van der Waals surface area (Å²) in [5.74, 6) is 0.569. The minimum Gasteiger partial charge on any atom is -0.473 e. The van der Waals surface area contributed by atoms with Crippen LogP contribution in [0.3, 0.4) is 0 Å². The molecule has 15 heavy (non-hydrogen) atoms. The second-order valence-electron chi connectivity index (χ2n) is 3.50. The van der Waals surface area contributed by atoms with E-state index in [9.17, 15) is 0 Å². The van der Waals surface area contributed by atoms with Crippen LogP contribution in [0.5, 0.6) is 5.88 Å². The molecule has 1 aliphatic heterocycles. The molecule has 5 nitrogen and oxygen atoms in total. The molecule has 0 saturated carbocycles. The molecule has 2 heterocycles. The van der Waals surface area contributed by atoms with Gasteiger partial charge < -0.3 is 15.2 Å². The van der Waals surface area contributed by atoms with E-state index in [0.29, 0.717) is 12.4 Å². The van der Waals surface area contributed by atoms with Gasteiger partial charge in [-0.05, 0) is 6.07 Å². The third-order valence-corrected chi connectivity index (χ3v) is 2.36. The van der Waals surface area contributed by atoms with Gasteiger partial charge in [-0.2, -0.15) is 5.10 Å². The molecule has 0 atom stereocenters. The Hall–Kier alpha value is -1.20. The highest BCUT2D eigenvalue weighted by atomic mass is 16.5. The van der Waals surface area contributed by atoms with Crippen molar-refractivity contribution in [3.63, 3.8) is 0 Å². The molecule has 2 rings (SSSR count). The number of hydrogen-bond acceptors (Lipinski definition) is 5. The van der Waals surface area contributed by atoms with Crippen LogP contribution in [0.2, 0.25) is 0 Å². The monoisotopic (exact) mass is 209 g/mol. The second-order valence-corrected chi connectivity index (χ2v) is 3.50. The van der Waals surface area contributed by atoms with Gasteiger partial charge in [0.05, 0.1) is 18.9 Å². The van der Waals surface area contributed by atoms with Crippen molar-refractivity contribution in [2.24, 2.45) is 5.73 Å². The highest BCUT2D eigenvalue weighted by Gasteiger charge is 2.15. The van der Waals surface area contributed by atoms with E-state index in [0.717, 1.165) is 31.7 Å². The van der Waals surface area contributed by atoms with Crippen molar-refractivity contribution in [2.75, 3.05) is 13.2 Å². The zero-order valence-electron chi connectivity index (χ0n) is 8.56. The Bertz CT molecular complexity index is 296. The van der Waals surface area contributed by atoms with E-state index in [4.69, 9.17) is 15.2 Å². The molecule has 1 aliphatic rings. The minimum atomic E-state index is 0.205. The lowest BCUT2D eigenvalue weighted by molar-refractivity contribution is 0.0233. The maximum atomic E-state index is 5.66. The summed E-state index contributed by atoms with van der Waals surface area (Å²) >= 11 is 0. The van der Waals surface area contributed by atoms with Crippen LogP contribution in [-0.2, 0) is 11.3 Å². The van der Waals surface area contributed by atoms with Gasteiger partial charge in [-0.15, -0.1) is 5.10 Å². The Morgan fingerprint density at radius 1 is 1.33 bits per heavy atom. The van der Waals surface area contributed by atoms with Crippen LogP contribution >= 0.6 is 0 Å². The van der Waals surface area contributed by atoms with E-state index < -0.39 is 0 Å². The molecule has 1 aromatic rings. The van der Waals surface area contributed by atoms with Crippen molar-refractivity contribution in [3.05, 3.63) is 17.8 Å². The smallest absolute Gasteiger partial charge is 0.233 e. The van der Waals surface area contributed by atoms with Gasteiger partial charge in [-0.1, -0.05) is 0 Å². The highest BCUT2D eigenvalue weighted by Crippen LogP contribution is 2.14. The quantitative estimate of drug-likeness (QED) is 0.784. The molecule has 0 unspecified atom stereocenters. The molecule has 0 radical (unpaired) electrons. The molecule has 1 saturated heterocycles. The van der Waals surface area contributed by atoms with Crippen LogP contribution in [-0.4, -0.2) is 29.5 Å². The summed E-state index contributed by atoms with van der Waals surface area (Å²) in [6.45, 7) is 1.93. The lowest BCUT2D eigenvalue weighted by Crippen LogP contribution is -2.26.